The Morgan fingerprint density at radius 1 is 1.09 bits per heavy atom. The van der Waals surface area contributed by atoms with Crippen LogP contribution >= 0.6 is 0 Å². The molecule has 0 saturated carbocycles. The summed E-state index contributed by atoms with van der Waals surface area (Å²) in [5.41, 5.74) is 1.64. The van der Waals surface area contributed by atoms with E-state index in [0.717, 1.165) is 0 Å². The van der Waals surface area contributed by atoms with Gasteiger partial charge >= 0.3 is 0 Å². The van der Waals surface area contributed by atoms with Crippen molar-refractivity contribution < 1.29 is 0 Å². The molecule has 0 aliphatic heterocycles. The van der Waals surface area contributed by atoms with Gasteiger partial charge in [-0.15, -0.1) is 0 Å². The Kier molecular flexibility index (Phi) is 3.34. The highest BCUT2D eigenvalue weighted by molar-refractivity contribution is 5.09. The van der Waals surface area contributed by atoms with Crippen molar-refractivity contribution in [3.8, 4) is 0 Å². The second-order valence-corrected chi connectivity index (χ2v) is 4.81. The van der Waals surface area contributed by atoms with E-state index in [2.05, 4.69) is 48.1 Å². The smallest absolute Gasteiger partial charge is 0.0173 e. The minimum Gasteiger partial charge on any atom is -0.0991 e. The first-order chi connectivity index (χ1) is 4.76. The van der Waals surface area contributed by atoms with Gasteiger partial charge in [-0.25, -0.2) is 0 Å². The van der Waals surface area contributed by atoms with Gasteiger partial charge in [0.15, 0.2) is 0 Å². The van der Waals surface area contributed by atoms with Crippen molar-refractivity contribution in [3.05, 3.63) is 12.2 Å². The van der Waals surface area contributed by atoms with Crippen LogP contribution in [-0.4, -0.2) is 0 Å². The first kappa shape index (κ1) is 10.7. The van der Waals surface area contributed by atoms with Crippen LogP contribution in [0.15, 0.2) is 12.2 Å². The molecule has 0 heteroatoms. The average Bonchev–Trinajstić information content (AvgIpc) is 1.82. The molecule has 0 amide bonds. The van der Waals surface area contributed by atoms with Crippen LogP contribution in [0.2, 0.25) is 0 Å². The molecule has 0 aliphatic rings. The summed E-state index contributed by atoms with van der Waals surface area (Å²) < 4.78 is 0. The Hall–Kier alpha value is -0.260. The molecule has 0 fully saturated rings. The summed E-state index contributed by atoms with van der Waals surface area (Å²) >= 11 is 0. The molecule has 0 aromatic carbocycles. The summed E-state index contributed by atoms with van der Waals surface area (Å²) in [5, 5.41) is 0. The van der Waals surface area contributed by atoms with Gasteiger partial charge in [-0.05, 0) is 17.3 Å². The van der Waals surface area contributed by atoms with Gasteiger partial charge in [-0.1, -0.05) is 53.7 Å². The first-order valence-corrected chi connectivity index (χ1v) is 4.46. The minimum atomic E-state index is 0.268. The largest absolute Gasteiger partial charge is 0.0991 e. The van der Waals surface area contributed by atoms with Crippen molar-refractivity contribution in [2.75, 3.05) is 0 Å². The third kappa shape index (κ3) is 3.09. The molecular weight excluding hydrogens is 132 g/mol. The van der Waals surface area contributed by atoms with E-state index in [1.54, 1.807) is 0 Å². The molecule has 0 N–H and O–H groups in total. The molecule has 0 bridgehead atoms. The van der Waals surface area contributed by atoms with Crippen LogP contribution in [0, 0.1) is 17.3 Å². The molecule has 1 unspecified atom stereocenters. The van der Waals surface area contributed by atoms with Gasteiger partial charge in [-0.2, -0.15) is 0 Å². The van der Waals surface area contributed by atoms with Crippen LogP contribution in [0.5, 0.6) is 0 Å². The van der Waals surface area contributed by atoms with Gasteiger partial charge in [0, 0.05) is 0 Å². The quantitative estimate of drug-likeness (QED) is 0.529. The van der Waals surface area contributed by atoms with Gasteiger partial charge in [0.05, 0.1) is 0 Å². The zero-order valence-electron chi connectivity index (χ0n) is 8.86. The Bertz CT molecular complexity index is 135. The molecule has 0 radical (unpaired) electrons. The van der Waals surface area contributed by atoms with Crippen molar-refractivity contribution in [1.82, 2.24) is 0 Å². The lowest BCUT2D eigenvalue weighted by Gasteiger charge is -2.29. The topological polar surface area (TPSA) is 0 Å². The van der Waals surface area contributed by atoms with Crippen LogP contribution in [0.4, 0.5) is 0 Å². The molecule has 0 aromatic heterocycles. The maximum Gasteiger partial charge on any atom is -0.0173 e. The van der Waals surface area contributed by atoms with Crippen LogP contribution in [0.3, 0.4) is 0 Å². The van der Waals surface area contributed by atoms with Crippen molar-refractivity contribution in [2.45, 2.75) is 41.5 Å². The average molecular weight is 154 g/mol. The normalized spacial score (nSPS) is 15.2. The predicted octanol–water partition coefficient (Wildman–Crippen LogP) is 3.88. The summed E-state index contributed by atoms with van der Waals surface area (Å²) in [6.07, 6.45) is 0. The van der Waals surface area contributed by atoms with Gasteiger partial charge in [-0.3, -0.25) is 0 Å². The molecule has 0 rings (SSSR count). The van der Waals surface area contributed by atoms with Gasteiger partial charge in [0.25, 0.3) is 0 Å². The number of rotatable bonds is 2. The van der Waals surface area contributed by atoms with Crippen molar-refractivity contribution in [3.63, 3.8) is 0 Å². The summed E-state index contributed by atoms with van der Waals surface area (Å²) in [5.74, 6) is 1.34. The molecule has 0 saturated heterocycles. The first-order valence-electron chi connectivity index (χ1n) is 4.46. The predicted molar refractivity (Wildman–Crippen MR) is 52.6 cm³/mol. The minimum absolute atomic E-state index is 0.268. The highest BCUT2D eigenvalue weighted by atomic mass is 14.3. The zero-order chi connectivity index (χ0) is 9.23. The van der Waals surface area contributed by atoms with E-state index in [4.69, 9.17) is 0 Å². The maximum atomic E-state index is 4.15. The monoisotopic (exact) mass is 154 g/mol. The number of allylic oxidation sites excluding steroid dienone is 1. The Labute approximate surface area is 71.7 Å². The Morgan fingerprint density at radius 2 is 1.45 bits per heavy atom. The maximum absolute atomic E-state index is 4.15. The second kappa shape index (κ2) is 3.42. The molecule has 11 heavy (non-hydrogen) atoms. The van der Waals surface area contributed by atoms with Crippen LogP contribution < -0.4 is 0 Å². The van der Waals surface area contributed by atoms with E-state index >= 15 is 0 Å². The zero-order valence-corrected chi connectivity index (χ0v) is 8.86. The summed E-state index contributed by atoms with van der Waals surface area (Å²) in [6.45, 7) is 17.6. The molecule has 0 spiro atoms. The standard InChI is InChI=1S/C11H22/c1-8(2)9(3)10(4)11(5,6)7/h8-9H,4H2,1-3,5-7H3. The molecule has 0 aliphatic carbocycles. The van der Waals surface area contributed by atoms with E-state index in [1.165, 1.54) is 5.57 Å². The van der Waals surface area contributed by atoms with E-state index in [0.29, 0.717) is 11.8 Å². The Balaban J connectivity index is 4.26. The number of hydrogen-bond acceptors (Lipinski definition) is 0. The lowest BCUT2D eigenvalue weighted by molar-refractivity contribution is 0.376. The number of hydrogen-bond donors (Lipinski definition) is 0. The van der Waals surface area contributed by atoms with Gasteiger partial charge in [0.1, 0.15) is 0 Å². The fourth-order valence-corrected chi connectivity index (χ4v) is 1.09. The molecule has 0 aromatic rings. The third-order valence-electron chi connectivity index (χ3n) is 2.51. The molecule has 66 valence electrons. The summed E-state index contributed by atoms with van der Waals surface area (Å²) in [7, 11) is 0. The third-order valence-corrected chi connectivity index (χ3v) is 2.51. The molecular formula is C11H22. The highest BCUT2D eigenvalue weighted by Gasteiger charge is 2.21. The molecule has 1 atom stereocenters. The fourth-order valence-electron chi connectivity index (χ4n) is 1.09. The van der Waals surface area contributed by atoms with Crippen molar-refractivity contribution >= 4 is 0 Å². The van der Waals surface area contributed by atoms with E-state index in [1.807, 2.05) is 0 Å². The van der Waals surface area contributed by atoms with Crippen molar-refractivity contribution in [1.29, 1.82) is 0 Å². The molecule has 0 nitrogen and oxygen atoms in total. The fraction of sp³-hybridized carbons (Fsp3) is 0.818. The summed E-state index contributed by atoms with van der Waals surface area (Å²) in [4.78, 5) is 0. The highest BCUT2D eigenvalue weighted by Crippen LogP contribution is 2.33. The lowest BCUT2D eigenvalue weighted by Crippen LogP contribution is -2.18. The van der Waals surface area contributed by atoms with Gasteiger partial charge < -0.3 is 0 Å². The van der Waals surface area contributed by atoms with Crippen molar-refractivity contribution in [2.24, 2.45) is 17.3 Å². The van der Waals surface area contributed by atoms with Crippen LogP contribution in [0.25, 0.3) is 0 Å². The van der Waals surface area contributed by atoms with Gasteiger partial charge in [0.2, 0.25) is 0 Å². The second-order valence-electron chi connectivity index (χ2n) is 4.81. The van der Waals surface area contributed by atoms with E-state index < -0.39 is 0 Å². The molecule has 0 heterocycles. The van der Waals surface area contributed by atoms with Crippen LogP contribution in [-0.2, 0) is 0 Å². The van der Waals surface area contributed by atoms with E-state index in [9.17, 15) is 0 Å². The Morgan fingerprint density at radius 3 is 1.55 bits per heavy atom. The lowest BCUT2D eigenvalue weighted by atomic mass is 9.76. The van der Waals surface area contributed by atoms with E-state index in [-0.39, 0.29) is 5.41 Å². The summed E-state index contributed by atoms with van der Waals surface area (Å²) in [6, 6.07) is 0. The van der Waals surface area contributed by atoms with Crippen LogP contribution in [0.1, 0.15) is 41.5 Å². The SMILES string of the molecule is C=C(C(C)C(C)C)C(C)(C)C.